The highest BCUT2D eigenvalue weighted by Crippen LogP contribution is 2.20. The van der Waals surface area contributed by atoms with Crippen LogP contribution in [-0.4, -0.2) is 15.7 Å². The van der Waals surface area contributed by atoms with E-state index in [4.69, 9.17) is 16.0 Å². The number of nitrogens with zero attached hydrogens (tertiary/aromatic N) is 1. The Morgan fingerprint density at radius 3 is 2.78 bits per heavy atom. The maximum Gasteiger partial charge on any atom is 0.182 e. The Kier molecular flexibility index (Phi) is 3.62. The molecule has 1 atom stereocenters. The quantitative estimate of drug-likeness (QED) is 0.626. The molecule has 96 valence electrons. The van der Waals surface area contributed by atoms with Crippen molar-refractivity contribution in [1.82, 2.24) is 4.57 Å². The van der Waals surface area contributed by atoms with E-state index < -0.39 is 5.38 Å². The van der Waals surface area contributed by atoms with Crippen LogP contribution in [0.15, 0.2) is 28.9 Å². The second kappa shape index (κ2) is 5.02. The van der Waals surface area contributed by atoms with E-state index in [2.05, 4.69) is 4.57 Å². The van der Waals surface area contributed by atoms with Crippen LogP contribution in [0.3, 0.4) is 0 Å². The highest BCUT2D eigenvalue weighted by molar-refractivity contribution is 6.33. The normalized spacial score (nSPS) is 12.7. The fourth-order valence-electron chi connectivity index (χ4n) is 2.07. The summed E-state index contributed by atoms with van der Waals surface area (Å²) in [6.45, 7) is 6.24. The topological polar surface area (TPSA) is 35.1 Å². The van der Waals surface area contributed by atoms with Gasteiger partial charge < -0.3 is 8.98 Å². The minimum Gasteiger partial charge on any atom is -0.467 e. The van der Waals surface area contributed by atoms with Crippen molar-refractivity contribution in [3.63, 3.8) is 0 Å². The molecule has 0 amide bonds. The lowest BCUT2D eigenvalue weighted by molar-refractivity contribution is 0.0991. The molecule has 0 aliphatic heterocycles. The Morgan fingerprint density at radius 1 is 1.50 bits per heavy atom. The van der Waals surface area contributed by atoms with Crippen molar-refractivity contribution in [2.45, 2.75) is 32.7 Å². The monoisotopic (exact) mass is 265 g/mol. The summed E-state index contributed by atoms with van der Waals surface area (Å²) < 4.78 is 7.39. The van der Waals surface area contributed by atoms with Gasteiger partial charge in [0.1, 0.15) is 5.76 Å². The van der Waals surface area contributed by atoms with Crippen molar-refractivity contribution in [1.29, 1.82) is 0 Å². The van der Waals surface area contributed by atoms with Gasteiger partial charge in [-0.05, 0) is 39.0 Å². The summed E-state index contributed by atoms with van der Waals surface area (Å²) in [5, 5.41) is -0.498. The highest BCUT2D eigenvalue weighted by Gasteiger charge is 2.19. The van der Waals surface area contributed by atoms with Gasteiger partial charge in [0.05, 0.1) is 18.2 Å². The summed E-state index contributed by atoms with van der Waals surface area (Å²) in [6, 6.07) is 5.67. The van der Waals surface area contributed by atoms with Crippen LogP contribution in [0, 0.1) is 13.8 Å². The van der Waals surface area contributed by atoms with Crippen LogP contribution in [0.25, 0.3) is 0 Å². The van der Waals surface area contributed by atoms with Crippen molar-refractivity contribution < 1.29 is 9.21 Å². The van der Waals surface area contributed by atoms with E-state index in [0.29, 0.717) is 12.1 Å². The third-order valence-electron chi connectivity index (χ3n) is 3.09. The van der Waals surface area contributed by atoms with Gasteiger partial charge in [-0.15, -0.1) is 11.6 Å². The molecule has 0 unspecified atom stereocenters. The van der Waals surface area contributed by atoms with Crippen molar-refractivity contribution in [3.8, 4) is 0 Å². The van der Waals surface area contributed by atoms with Crippen LogP contribution in [0.4, 0.5) is 0 Å². The number of Topliss-reactive ketones (excluding diaryl/α,β-unsaturated/α-hetero) is 1. The lowest BCUT2D eigenvalue weighted by Gasteiger charge is -2.08. The third-order valence-corrected chi connectivity index (χ3v) is 3.29. The molecule has 0 aliphatic carbocycles. The van der Waals surface area contributed by atoms with Crippen molar-refractivity contribution >= 4 is 17.4 Å². The number of aryl methyl sites for hydroxylation is 1. The lowest BCUT2D eigenvalue weighted by Crippen LogP contribution is -2.12. The summed E-state index contributed by atoms with van der Waals surface area (Å²) >= 11 is 5.86. The van der Waals surface area contributed by atoms with Crippen molar-refractivity contribution in [3.05, 3.63) is 47.2 Å². The second-order valence-corrected chi connectivity index (χ2v) is 5.09. The fourth-order valence-corrected chi connectivity index (χ4v) is 2.18. The molecule has 0 saturated carbocycles. The summed E-state index contributed by atoms with van der Waals surface area (Å²) in [5.74, 6) is 0.838. The van der Waals surface area contributed by atoms with E-state index in [9.17, 15) is 4.79 Å². The highest BCUT2D eigenvalue weighted by atomic mass is 35.5. The standard InChI is InChI=1S/C14H16ClNO2/c1-9-7-13(14(17)10(2)15)11(3)16(9)8-12-5-4-6-18-12/h4-7,10H,8H2,1-3H3/t10-/m0/s1. The predicted octanol–water partition coefficient (Wildman–Crippen LogP) is 3.56. The van der Waals surface area contributed by atoms with Crippen LogP contribution in [-0.2, 0) is 6.54 Å². The van der Waals surface area contributed by atoms with E-state index in [0.717, 1.165) is 17.1 Å². The van der Waals surface area contributed by atoms with Crippen LogP contribution in [0.2, 0.25) is 0 Å². The molecular formula is C14H16ClNO2. The zero-order valence-electron chi connectivity index (χ0n) is 10.7. The number of carbonyl (C=O) groups is 1. The Labute approximate surface area is 111 Å². The molecule has 0 saturated heterocycles. The Balaban J connectivity index is 2.35. The van der Waals surface area contributed by atoms with Crippen LogP contribution >= 0.6 is 11.6 Å². The first-order valence-electron chi connectivity index (χ1n) is 5.88. The minimum atomic E-state index is -0.498. The molecule has 0 aliphatic rings. The van der Waals surface area contributed by atoms with Gasteiger partial charge in [0.15, 0.2) is 5.78 Å². The van der Waals surface area contributed by atoms with Crippen LogP contribution < -0.4 is 0 Å². The van der Waals surface area contributed by atoms with Crippen molar-refractivity contribution in [2.75, 3.05) is 0 Å². The maximum absolute atomic E-state index is 12.0. The lowest BCUT2D eigenvalue weighted by atomic mass is 10.1. The molecule has 2 aromatic heterocycles. The number of ketones is 1. The van der Waals surface area contributed by atoms with Gasteiger partial charge in [-0.3, -0.25) is 4.79 Å². The largest absolute Gasteiger partial charge is 0.467 e. The van der Waals surface area contributed by atoms with E-state index in [-0.39, 0.29) is 5.78 Å². The van der Waals surface area contributed by atoms with Crippen LogP contribution in [0.5, 0.6) is 0 Å². The number of aromatic nitrogens is 1. The first kappa shape index (κ1) is 13.0. The molecule has 0 N–H and O–H groups in total. The molecule has 4 heteroatoms. The Bertz CT molecular complexity index is 553. The molecule has 0 aromatic carbocycles. The number of hydrogen-bond donors (Lipinski definition) is 0. The van der Waals surface area contributed by atoms with Gasteiger partial charge in [0.25, 0.3) is 0 Å². The first-order chi connectivity index (χ1) is 8.50. The number of alkyl halides is 1. The molecule has 0 bridgehead atoms. The molecule has 2 rings (SSSR count). The number of carbonyl (C=O) groups excluding carboxylic acids is 1. The average molecular weight is 266 g/mol. The zero-order valence-corrected chi connectivity index (χ0v) is 11.5. The van der Waals surface area contributed by atoms with E-state index in [1.807, 2.05) is 32.0 Å². The van der Waals surface area contributed by atoms with Gasteiger partial charge in [-0.25, -0.2) is 0 Å². The molecule has 0 radical (unpaired) electrons. The van der Waals surface area contributed by atoms with E-state index >= 15 is 0 Å². The molecule has 2 aromatic rings. The predicted molar refractivity (Wildman–Crippen MR) is 71.4 cm³/mol. The summed E-state index contributed by atoms with van der Waals surface area (Å²) in [7, 11) is 0. The Hall–Kier alpha value is -1.48. The minimum absolute atomic E-state index is 0.0320. The third kappa shape index (κ3) is 2.36. The van der Waals surface area contributed by atoms with Crippen molar-refractivity contribution in [2.24, 2.45) is 0 Å². The van der Waals surface area contributed by atoms with Crippen LogP contribution in [0.1, 0.15) is 34.4 Å². The fraction of sp³-hybridized carbons (Fsp3) is 0.357. The molecule has 0 spiro atoms. The van der Waals surface area contributed by atoms with Gasteiger partial charge in [0, 0.05) is 17.0 Å². The first-order valence-corrected chi connectivity index (χ1v) is 6.31. The number of furan rings is 1. The SMILES string of the molecule is Cc1cc(C(=O)[C@H](C)Cl)c(C)n1Cc1ccco1. The maximum atomic E-state index is 12.0. The van der Waals surface area contributed by atoms with Gasteiger partial charge in [-0.2, -0.15) is 0 Å². The molecule has 3 nitrogen and oxygen atoms in total. The summed E-state index contributed by atoms with van der Waals surface area (Å²) in [5.41, 5.74) is 2.66. The molecule has 2 heterocycles. The number of rotatable bonds is 4. The summed E-state index contributed by atoms with van der Waals surface area (Å²) in [4.78, 5) is 12.0. The van der Waals surface area contributed by atoms with Gasteiger partial charge in [0.2, 0.25) is 0 Å². The smallest absolute Gasteiger partial charge is 0.182 e. The molecule has 0 fully saturated rings. The average Bonchev–Trinajstić information content (AvgIpc) is 2.91. The molecular weight excluding hydrogens is 250 g/mol. The summed E-state index contributed by atoms with van der Waals surface area (Å²) in [6.07, 6.45) is 1.65. The number of hydrogen-bond acceptors (Lipinski definition) is 2. The van der Waals surface area contributed by atoms with Gasteiger partial charge in [-0.1, -0.05) is 0 Å². The van der Waals surface area contributed by atoms with Gasteiger partial charge >= 0.3 is 0 Å². The zero-order chi connectivity index (χ0) is 13.3. The number of halogens is 1. The molecule has 18 heavy (non-hydrogen) atoms. The van der Waals surface area contributed by atoms with E-state index in [1.54, 1.807) is 13.2 Å². The Morgan fingerprint density at radius 2 is 2.22 bits per heavy atom. The second-order valence-electron chi connectivity index (χ2n) is 4.43. The van der Waals surface area contributed by atoms with E-state index in [1.165, 1.54) is 0 Å².